The molecule has 7 rings (SSSR count). The van der Waals surface area contributed by atoms with Gasteiger partial charge in [0.05, 0.1) is 28.1 Å². The average molecular weight is 490 g/mol. The Balaban J connectivity index is 1.26. The Morgan fingerprint density at radius 1 is 0.973 bits per heavy atom. The van der Waals surface area contributed by atoms with E-state index < -0.39 is 0 Å². The van der Waals surface area contributed by atoms with Crippen molar-refractivity contribution in [3.63, 3.8) is 0 Å². The van der Waals surface area contributed by atoms with Crippen molar-refractivity contribution in [1.29, 1.82) is 0 Å². The van der Waals surface area contributed by atoms with Crippen molar-refractivity contribution in [2.75, 3.05) is 13.1 Å². The molecule has 0 spiro atoms. The minimum absolute atomic E-state index is 0.776. The number of aromatic nitrogens is 8. The zero-order chi connectivity index (χ0) is 24.8. The van der Waals surface area contributed by atoms with Gasteiger partial charge >= 0.3 is 0 Å². The van der Waals surface area contributed by atoms with Crippen LogP contribution in [0.4, 0.5) is 0 Å². The molecule has 1 aliphatic rings. The van der Waals surface area contributed by atoms with Crippen LogP contribution in [-0.4, -0.2) is 57.7 Å². The minimum Gasteiger partial charge on any atom is -0.353 e. The summed E-state index contributed by atoms with van der Waals surface area (Å²) in [4.78, 5) is 24.5. The van der Waals surface area contributed by atoms with Crippen LogP contribution < -0.4 is 0 Å². The van der Waals surface area contributed by atoms with Crippen molar-refractivity contribution in [2.45, 2.75) is 32.7 Å². The third kappa shape index (κ3) is 4.07. The molecule has 7 heterocycles. The Morgan fingerprint density at radius 2 is 1.89 bits per heavy atom. The van der Waals surface area contributed by atoms with Crippen LogP contribution in [0.2, 0.25) is 0 Å². The number of nitrogens with zero attached hydrogens (tertiary/aromatic N) is 7. The van der Waals surface area contributed by atoms with Crippen molar-refractivity contribution in [2.24, 2.45) is 0 Å². The molecule has 0 radical (unpaired) electrons. The van der Waals surface area contributed by atoms with Crippen molar-refractivity contribution >= 4 is 21.9 Å². The molecule has 6 aromatic rings. The van der Waals surface area contributed by atoms with Gasteiger partial charge in [0, 0.05) is 42.3 Å². The van der Waals surface area contributed by atoms with Gasteiger partial charge in [-0.1, -0.05) is 6.42 Å². The number of piperidine rings is 1. The number of aryl methyl sites for hydroxylation is 1. The maximum atomic E-state index is 5.03. The van der Waals surface area contributed by atoms with E-state index in [1.54, 1.807) is 12.5 Å². The van der Waals surface area contributed by atoms with Gasteiger partial charge in [0.25, 0.3) is 0 Å². The molecule has 1 saturated heterocycles. The summed E-state index contributed by atoms with van der Waals surface area (Å²) < 4.78 is 1.94. The van der Waals surface area contributed by atoms with Crippen LogP contribution in [0.15, 0.2) is 61.4 Å². The summed E-state index contributed by atoms with van der Waals surface area (Å²) in [5.74, 6) is 0.825. The first-order valence-electron chi connectivity index (χ1n) is 12.7. The molecule has 184 valence electrons. The van der Waals surface area contributed by atoms with Crippen LogP contribution in [0.25, 0.3) is 50.4 Å². The number of likely N-dealkylation sites (tertiary alicyclic amines) is 1. The fraction of sp³-hybridized carbons (Fsp3) is 0.250. The van der Waals surface area contributed by atoms with E-state index in [-0.39, 0.29) is 0 Å². The van der Waals surface area contributed by atoms with E-state index in [0.717, 1.165) is 75.7 Å². The van der Waals surface area contributed by atoms with Crippen LogP contribution in [0.1, 0.15) is 30.5 Å². The molecule has 37 heavy (non-hydrogen) atoms. The molecular weight excluding hydrogens is 462 g/mol. The Kier molecular flexibility index (Phi) is 5.28. The van der Waals surface area contributed by atoms with Crippen LogP contribution in [0, 0.1) is 6.92 Å². The molecule has 0 amide bonds. The second-order valence-corrected chi connectivity index (χ2v) is 9.78. The number of imidazole rings is 1. The predicted octanol–water partition coefficient (Wildman–Crippen LogP) is 5.04. The SMILES string of the molecule is Cc1cn(-c2nccc3[nH]c(-c4n[nH]c5ccc(-c6cncc(CN7CCCCC7)c6)nc45)cc23)cn1. The highest BCUT2D eigenvalue weighted by Gasteiger charge is 2.17. The summed E-state index contributed by atoms with van der Waals surface area (Å²) in [5.41, 5.74) is 8.41. The molecule has 9 nitrogen and oxygen atoms in total. The van der Waals surface area contributed by atoms with E-state index in [2.05, 4.69) is 47.2 Å². The lowest BCUT2D eigenvalue weighted by Crippen LogP contribution is -2.29. The summed E-state index contributed by atoms with van der Waals surface area (Å²) in [6.45, 7) is 5.23. The Morgan fingerprint density at radius 3 is 2.76 bits per heavy atom. The molecule has 6 aromatic heterocycles. The Hall–Kier alpha value is -4.37. The lowest BCUT2D eigenvalue weighted by atomic mass is 10.1. The highest BCUT2D eigenvalue weighted by molar-refractivity contribution is 5.96. The molecule has 0 aromatic carbocycles. The summed E-state index contributed by atoms with van der Waals surface area (Å²) in [5, 5.41) is 8.75. The molecule has 0 aliphatic carbocycles. The molecule has 0 atom stereocenters. The molecule has 0 bridgehead atoms. The van der Waals surface area contributed by atoms with E-state index in [1.807, 2.05) is 48.3 Å². The largest absolute Gasteiger partial charge is 0.353 e. The highest BCUT2D eigenvalue weighted by Crippen LogP contribution is 2.31. The van der Waals surface area contributed by atoms with Gasteiger partial charge in [-0.15, -0.1) is 0 Å². The Labute approximate surface area is 213 Å². The lowest BCUT2D eigenvalue weighted by Gasteiger charge is -2.26. The summed E-state index contributed by atoms with van der Waals surface area (Å²) in [6, 6.07) is 10.3. The van der Waals surface area contributed by atoms with E-state index in [4.69, 9.17) is 4.98 Å². The quantitative estimate of drug-likeness (QED) is 0.351. The van der Waals surface area contributed by atoms with Crippen molar-refractivity contribution in [3.05, 3.63) is 72.7 Å². The number of H-pyrrole nitrogens is 2. The zero-order valence-electron chi connectivity index (χ0n) is 20.6. The average Bonchev–Trinajstić information content (AvgIpc) is 3.66. The maximum absolute atomic E-state index is 5.03. The number of nitrogens with one attached hydrogen (secondary N) is 2. The van der Waals surface area contributed by atoms with E-state index >= 15 is 0 Å². The number of fused-ring (bicyclic) bond motifs is 2. The van der Waals surface area contributed by atoms with Crippen molar-refractivity contribution < 1.29 is 0 Å². The third-order valence-electron chi connectivity index (χ3n) is 7.09. The number of rotatable bonds is 5. The number of aromatic amines is 2. The van der Waals surface area contributed by atoms with Crippen molar-refractivity contribution in [1.82, 2.24) is 44.6 Å². The fourth-order valence-electron chi connectivity index (χ4n) is 5.25. The highest BCUT2D eigenvalue weighted by atomic mass is 15.1. The van der Waals surface area contributed by atoms with Gasteiger partial charge in [0.2, 0.25) is 0 Å². The fourth-order valence-corrected chi connectivity index (χ4v) is 5.25. The predicted molar refractivity (Wildman–Crippen MR) is 143 cm³/mol. The van der Waals surface area contributed by atoms with Crippen LogP contribution in [0.3, 0.4) is 0 Å². The van der Waals surface area contributed by atoms with Crippen molar-refractivity contribution in [3.8, 4) is 28.5 Å². The minimum atomic E-state index is 0.776. The van der Waals surface area contributed by atoms with Gasteiger partial charge in [-0.05, 0) is 68.8 Å². The number of hydrogen-bond donors (Lipinski definition) is 2. The van der Waals surface area contributed by atoms with Crippen LogP contribution in [0.5, 0.6) is 0 Å². The molecule has 1 aliphatic heterocycles. The Bertz CT molecular complexity index is 1720. The van der Waals surface area contributed by atoms with Gasteiger partial charge in [0.1, 0.15) is 23.4 Å². The van der Waals surface area contributed by atoms with Crippen LogP contribution in [-0.2, 0) is 6.54 Å². The third-order valence-corrected chi connectivity index (χ3v) is 7.09. The zero-order valence-corrected chi connectivity index (χ0v) is 20.6. The molecule has 1 fully saturated rings. The van der Waals surface area contributed by atoms with Gasteiger partial charge in [-0.3, -0.25) is 19.5 Å². The second-order valence-electron chi connectivity index (χ2n) is 9.78. The summed E-state index contributed by atoms with van der Waals surface area (Å²) in [6.07, 6.45) is 13.3. The smallest absolute Gasteiger partial charge is 0.147 e. The first kappa shape index (κ1) is 21.9. The van der Waals surface area contributed by atoms with E-state index in [0.29, 0.717) is 0 Å². The normalized spacial score (nSPS) is 14.6. The number of pyridine rings is 3. The molecule has 9 heteroatoms. The lowest BCUT2D eigenvalue weighted by molar-refractivity contribution is 0.220. The topological polar surface area (TPSA) is 104 Å². The summed E-state index contributed by atoms with van der Waals surface area (Å²) in [7, 11) is 0. The van der Waals surface area contributed by atoms with Gasteiger partial charge in [-0.25, -0.2) is 15.0 Å². The van der Waals surface area contributed by atoms with E-state index in [1.165, 1.54) is 24.8 Å². The first-order valence-corrected chi connectivity index (χ1v) is 12.7. The van der Waals surface area contributed by atoms with Gasteiger partial charge in [0.15, 0.2) is 0 Å². The molecular formula is C28H27N9. The van der Waals surface area contributed by atoms with Crippen LogP contribution >= 0.6 is 0 Å². The molecule has 0 unspecified atom stereocenters. The molecule has 2 N–H and O–H groups in total. The maximum Gasteiger partial charge on any atom is 0.147 e. The van der Waals surface area contributed by atoms with Gasteiger partial charge in [-0.2, -0.15) is 5.10 Å². The number of hydrogen-bond acceptors (Lipinski definition) is 6. The second kappa shape index (κ2) is 8.94. The monoisotopic (exact) mass is 489 g/mol. The standard InChI is InChI=1S/C28H27N9/c1-18-15-37(17-31-18)28-21-12-25(32-23(21)7-8-30-28)27-26-24(34-35-27)6-5-22(33-26)20-11-19(13-29-14-20)16-36-9-3-2-4-10-36/h5-8,11-15,17,32H,2-4,9-10,16H2,1H3,(H,34,35). The first-order chi connectivity index (χ1) is 18.2. The van der Waals surface area contributed by atoms with E-state index in [9.17, 15) is 0 Å². The summed E-state index contributed by atoms with van der Waals surface area (Å²) >= 11 is 0. The molecule has 0 saturated carbocycles. The van der Waals surface area contributed by atoms with Gasteiger partial charge < -0.3 is 4.98 Å².